The highest BCUT2D eigenvalue weighted by atomic mass is 35.5. The summed E-state index contributed by atoms with van der Waals surface area (Å²) < 4.78 is 0. The molecule has 0 amide bonds. The van der Waals surface area contributed by atoms with Gasteiger partial charge in [-0.25, -0.2) is 0 Å². The quantitative estimate of drug-likeness (QED) is 0.519. The van der Waals surface area contributed by atoms with Gasteiger partial charge in [0.05, 0.1) is 5.71 Å². The fourth-order valence-corrected chi connectivity index (χ4v) is 3.58. The summed E-state index contributed by atoms with van der Waals surface area (Å²) in [6.45, 7) is 7.90. The Morgan fingerprint density at radius 3 is 2.46 bits per heavy atom. The Bertz CT molecular complexity index is 892. The first-order valence-corrected chi connectivity index (χ1v) is 9.26. The summed E-state index contributed by atoms with van der Waals surface area (Å²) in [6.07, 6.45) is 1.55. The first kappa shape index (κ1) is 18.4. The number of benzene rings is 1. The first-order valence-electron chi connectivity index (χ1n) is 8.88. The number of aliphatic imine (C=N–C) groups is 1. The lowest BCUT2D eigenvalue weighted by Gasteiger charge is -2.24. The summed E-state index contributed by atoms with van der Waals surface area (Å²) in [7, 11) is 0. The molecule has 0 saturated carbocycles. The summed E-state index contributed by atoms with van der Waals surface area (Å²) in [5, 5.41) is 17.6. The minimum absolute atomic E-state index is 0.300. The molecule has 1 aromatic carbocycles. The largest absolute Gasteiger partial charge is 0.344 e. The third kappa shape index (κ3) is 2.97. The second kappa shape index (κ2) is 7.08. The van der Waals surface area contributed by atoms with E-state index in [0.717, 1.165) is 40.3 Å². The second-order valence-corrected chi connectivity index (χ2v) is 6.96. The lowest BCUT2D eigenvalue weighted by molar-refractivity contribution is 0.808. The topological polar surface area (TPSA) is 79.1 Å². The van der Waals surface area contributed by atoms with Crippen molar-refractivity contribution >= 4 is 34.8 Å². The molecule has 1 aliphatic heterocycles. The van der Waals surface area contributed by atoms with Gasteiger partial charge in [0.15, 0.2) is 0 Å². The van der Waals surface area contributed by atoms with Crippen LogP contribution >= 0.6 is 11.6 Å². The van der Waals surface area contributed by atoms with Gasteiger partial charge in [0.1, 0.15) is 23.5 Å². The number of H-pyrrole nitrogens is 1. The van der Waals surface area contributed by atoms with E-state index in [1.807, 2.05) is 31.2 Å². The summed E-state index contributed by atoms with van der Waals surface area (Å²) in [4.78, 5) is 10.1. The van der Waals surface area contributed by atoms with Crippen LogP contribution in [0, 0.1) is 17.7 Å². The smallest absolute Gasteiger partial charge is 0.132 e. The molecule has 0 fully saturated rings. The van der Waals surface area contributed by atoms with Crippen LogP contribution in [0.25, 0.3) is 0 Å². The molecule has 26 heavy (non-hydrogen) atoms. The van der Waals surface area contributed by atoms with Gasteiger partial charge in [-0.3, -0.25) is 20.7 Å². The molecule has 0 saturated heterocycles. The molecule has 0 bridgehead atoms. The van der Waals surface area contributed by atoms with Gasteiger partial charge in [-0.15, -0.1) is 0 Å². The van der Waals surface area contributed by atoms with Gasteiger partial charge in [-0.1, -0.05) is 37.6 Å². The maximum Gasteiger partial charge on any atom is 0.132 e. The molecule has 2 aromatic rings. The third-order valence-electron chi connectivity index (χ3n) is 4.83. The van der Waals surface area contributed by atoms with Crippen molar-refractivity contribution in [2.45, 2.75) is 46.6 Å². The highest BCUT2D eigenvalue weighted by Crippen LogP contribution is 2.33. The second-order valence-electron chi connectivity index (χ2n) is 6.52. The third-order valence-corrected chi connectivity index (χ3v) is 5.08. The van der Waals surface area contributed by atoms with E-state index in [2.05, 4.69) is 18.8 Å². The number of halogens is 1. The summed E-state index contributed by atoms with van der Waals surface area (Å²) in [5.41, 5.74) is 5.01. The van der Waals surface area contributed by atoms with Crippen LogP contribution < -0.4 is 4.90 Å². The SMILES string of the molecule is CCc1[nH]c2c(c1C)C(c1ccc(Cl)cc1)=N[C@@H](CC)C(=N)N2C(C)=N. The number of fused-ring (bicyclic) bond motifs is 1. The van der Waals surface area contributed by atoms with Crippen LogP contribution in [-0.2, 0) is 6.42 Å². The van der Waals surface area contributed by atoms with Crippen molar-refractivity contribution in [3.05, 3.63) is 51.7 Å². The van der Waals surface area contributed by atoms with Gasteiger partial charge in [0.2, 0.25) is 0 Å². The maximum atomic E-state index is 8.66. The Hall–Kier alpha value is -2.40. The lowest BCUT2D eigenvalue weighted by atomic mass is 9.99. The Morgan fingerprint density at radius 1 is 1.27 bits per heavy atom. The van der Waals surface area contributed by atoms with Crippen LogP contribution in [0.5, 0.6) is 0 Å². The number of nitrogens with one attached hydrogen (secondary N) is 3. The molecule has 3 rings (SSSR count). The molecule has 5 nitrogen and oxygen atoms in total. The highest BCUT2D eigenvalue weighted by molar-refractivity contribution is 6.31. The molecular formula is C20H24ClN5. The molecule has 0 unspecified atom stereocenters. The van der Waals surface area contributed by atoms with Crippen LogP contribution in [-0.4, -0.2) is 28.4 Å². The Kier molecular flexibility index (Phi) is 5.01. The predicted molar refractivity (Wildman–Crippen MR) is 110 cm³/mol. The zero-order valence-corrected chi connectivity index (χ0v) is 16.3. The Labute approximate surface area is 159 Å². The molecule has 0 aliphatic carbocycles. The van der Waals surface area contributed by atoms with Gasteiger partial charge in [0.25, 0.3) is 0 Å². The van der Waals surface area contributed by atoms with E-state index in [1.54, 1.807) is 11.8 Å². The van der Waals surface area contributed by atoms with Gasteiger partial charge in [-0.05, 0) is 44.4 Å². The van der Waals surface area contributed by atoms with Gasteiger partial charge < -0.3 is 4.98 Å². The molecule has 1 aliphatic rings. The number of anilines is 1. The minimum atomic E-state index is -0.300. The van der Waals surface area contributed by atoms with Crippen molar-refractivity contribution in [2.75, 3.05) is 4.90 Å². The maximum absolute atomic E-state index is 8.66. The first-order chi connectivity index (χ1) is 12.4. The number of amidine groups is 2. The number of aryl methyl sites for hydroxylation is 1. The van der Waals surface area contributed by atoms with Gasteiger partial charge >= 0.3 is 0 Å². The van der Waals surface area contributed by atoms with E-state index in [0.29, 0.717) is 23.1 Å². The molecule has 0 radical (unpaired) electrons. The monoisotopic (exact) mass is 369 g/mol. The number of hydrogen-bond donors (Lipinski definition) is 3. The molecule has 2 heterocycles. The molecule has 1 aromatic heterocycles. The summed E-state index contributed by atoms with van der Waals surface area (Å²) in [5.74, 6) is 1.40. The lowest BCUT2D eigenvalue weighted by Crippen LogP contribution is -2.40. The number of aromatic amines is 1. The van der Waals surface area contributed by atoms with Crippen molar-refractivity contribution in [2.24, 2.45) is 4.99 Å². The average molecular weight is 370 g/mol. The highest BCUT2D eigenvalue weighted by Gasteiger charge is 2.33. The summed E-state index contributed by atoms with van der Waals surface area (Å²) in [6, 6.07) is 7.35. The van der Waals surface area contributed by atoms with E-state index in [-0.39, 0.29) is 6.04 Å². The fraction of sp³-hybridized carbons (Fsp3) is 0.350. The normalized spacial score (nSPS) is 17.0. The molecule has 6 heteroatoms. The van der Waals surface area contributed by atoms with Crippen molar-refractivity contribution < 1.29 is 0 Å². The van der Waals surface area contributed by atoms with E-state index < -0.39 is 0 Å². The molecule has 3 N–H and O–H groups in total. The molecular weight excluding hydrogens is 346 g/mol. The van der Waals surface area contributed by atoms with E-state index in [4.69, 9.17) is 27.4 Å². The van der Waals surface area contributed by atoms with Gasteiger partial charge in [-0.2, -0.15) is 0 Å². The minimum Gasteiger partial charge on any atom is -0.344 e. The number of nitrogens with zero attached hydrogens (tertiary/aromatic N) is 2. The molecule has 1 atom stereocenters. The van der Waals surface area contributed by atoms with Crippen LogP contribution in [0.1, 0.15) is 49.6 Å². The van der Waals surface area contributed by atoms with Crippen LogP contribution in [0.4, 0.5) is 5.82 Å². The zero-order valence-electron chi connectivity index (χ0n) is 15.6. The number of aromatic nitrogens is 1. The van der Waals surface area contributed by atoms with Crippen molar-refractivity contribution in [3.63, 3.8) is 0 Å². The van der Waals surface area contributed by atoms with Crippen molar-refractivity contribution in [1.29, 1.82) is 10.8 Å². The van der Waals surface area contributed by atoms with E-state index in [1.165, 1.54) is 0 Å². The van der Waals surface area contributed by atoms with Crippen molar-refractivity contribution in [1.82, 2.24) is 4.98 Å². The van der Waals surface area contributed by atoms with Crippen LogP contribution in [0.2, 0.25) is 5.02 Å². The number of hydrogen-bond acceptors (Lipinski definition) is 3. The Morgan fingerprint density at radius 2 is 1.92 bits per heavy atom. The summed E-state index contributed by atoms with van der Waals surface area (Å²) >= 11 is 6.07. The Balaban J connectivity index is 2.33. The molecule has 0 spiro atoms. The van der Waals surface area contributed by atoms with E-state index in [9.17, 15) is 0 Å². The standard InChI is InChI=1S/C20H24ClN5/c1-5-15-11(3)17-18(13-7-9-14(21)10-8-13)24-16(6-2)19(23)26(12(4)22)20(17)25-15/h7-10,16,22-23,25H,5-6H2,1-4H3/t16-/m0/s1. The fourth-order valence-electron chi connectivity index (χ4n) is 3.45. The van der Waals surface area contributed by atoms with Crippen LogP contribution in [0.15, 0.2) is 29.3 Å². The van der Waals surface area contributed by atoms with Gasteiger partial charge in [0, 0.05) is 21.8 Å². The van der Waals surface area contributed by atoms with Crippen molar-refractivity contribution in [3.8, 4) is 0 Å². The number of rotatable bonds is 3. The van der Waals surface area contributed by atoms with E-state index >= 15 is 0 Å². The predicted octanol–water partition coefficient (Wildman–Crippen LogP) is 4.95. The van der Waals surface area contributed by atoms with Crippen LogP contribution in [0.3, 0.4) is 0 Å². The zero-order chi connectivity index (χ0) is 19.0. The molecule has 136 valence electrons. The average Bonchev–Trinajstić information content (AvgIpc) is 2.86.